The smallest absolute Gasteiger partial charge is 0.0931 e. The first-order chi connectivity index (χ1) is 15.2. The molecule has 1 fully saturated rings. The Morgan fingerprint density at radius 1 is 1.03 bits per heavy atom. The van der Waals surface area contributed by atoms with Gasteiger partial charge in [0, 0.05) is 35.7 Å². The van der Waals surface area contributed by atoms with Gasteiger partial charge in [0.05, 0.1) is 12.2 Å². The van der Waals surface area contributed by atoms with Gasteiger partial charge in [0.1, 0.15) is 0 Å². The molecule has 0 radical (unpaired) electrons. The Balaban J connectivity index is 1.49. The van der Waals surface area contributed by atoms with Crippen LogP contribution in [0.5, 0.6) is 0 Å². The van der Waals surface area contributed by atoms with Crippen molar-refractivity contribution < 1.29 is 0 Å². The number of nitrogens with zero attached hydrogens (tertiary/aromatic N) is 3. The maximum atomic E-state index is 3.40. The first kappa shape index (κ1) is 21.5. The van der Waals surface area contributed by atoms with Gasteiger partial charge in [-0.05, 0) is 82.7 Å². The Labute approximate surface area is 186 Å². The van der Waals surface area contributed by atoms with Gasteiger partial charge in [0.15, 0.2) is 0 Å². The fourth-order valence-electron chi connectivity index (χ4n) is 4.60. The van der Waals surface area contributed by atoms with E-state index in [0.29, 0.717) is 6.54 Å². The third-order valence-corrected chi connectivity index (χ3v) is 6.40. The molecule has 0 unspecified atom stereocenters. The van der Waals surface area contributed by atoms with Gasteiger partial charge >= 0.3 is 0 Å². The normalized spacial score (nSPS) is 15.2. The number of para-hydroxylation sites is 1. The average Bonchev–Trinajstić information content (AvgIpc) is 3.16. The van der Waals surface area contributed by atoms with E-state index in [0.717, 1.165) is 30.5 Å². The number of aryl methyl sites for hydroxylation is 1. The van der Waals surface area contributed by atoms with Crippen LogP contribution in [-0.4, -0.2) is 54.1 Å². The minimum absolute atomic E-state index is 0.642. The Morgan fingerprint density at radius 2 is 1.81 bits per heavy atom. The van der Waals surface area contributed by atoms with Crippen molar-refractivity contribution in [1.82, 2.24) is 14.4 Å². The van der Waals surface area contributed by atoms with Crippen LogP contribution in [0.15, 0.2) is 54.6 Å². The number of anilines is 1. The van der Waals surface area contributed by atoms with Crippen LogP contribution in [0.2, 0.25) is 0 Å². The summed E-state index contributed by atoms with van der Waals surface area (Å²) in [6.07, 6.45) is 2.51. The lowest BCUT2D eigenvalue weighted by Gasteiger charge is -2.35. The van der Waals surface area contributed by atoms with Crippen LogP contribution in [0, 0.1) is 11.8 Å². The van der Waals surface area contributed by atoms with Crippen LogP contribution in [0.3, 0.4) is 0 Å². The highest BCUT2D eigenvalue weighted by molar-refractivity contribution is 5.85. The molecule has 4 rings (SSSR count). The minimum atomic E-state index is 0.642. The fourth-order valence-corrected chi connectivity index (χ4v) is 4.60. The van der Waals surface area contributed by atoms with Crippen LogP contribution >= 0.6 is 0 Å². The topological polar surface area (TPSA) is 23.4 Å². The molecule has 31 heavy (non-hydrogen) atoms. The first-order valence-electron chi connectivity index (χ1n) is 11.4. The molecule has 0 amide bonds. The van der Waals surface area contributed by atoms with E-state index in [-0.39, 0.29) is 0 Å². The predicted molar refractivity (Wildman–Crippen MR) is 131 cm³/mol. The van der Waals surface area contributed by atoms with Crippen LogP contribution in [0.25, 0.3) is 10.9 Å². The van der Waals surface area contributed by atoms with Gasteiger partial charge < -0.3 is 14.8 Å². The molecular weight excluding hydrogens is 380 g/mol. The highest BCUT2D eigenvalue weighted by atomic mass is 15.2. The molecule has 4 heteroatoms. The van der Waals surface area contributed by atoms with Crippen molar-refractivity contribution in [1.29, 1.82) is 0 Å². The quantitative estimate of drug-likeness (QED) is 0.594. The molecule has 1 aliphatic rings. The van der Waals surface area contributed by atoms with Crippen LogP contribution in [-0.2, 0) is 13.1 Å². The summed E-state index contributed by atoms with van der Waals surface area (Å²) in [5, 5.41) is 4.72. The van der Waals surface area contributed by atoms with Crippen molar-refractivity contribution in [3.05, 3.63) is 65.9 Å². The van der Waals surface area contributed by atoms with Crippen molar-refractivity contribution in [3.8, 4) is 11.8 Å². The zero-order chi connectivity index (χ0) is 21.6. The molecule has 1 saturated heterocycles. The van der Waals surface area contributed by atoms with Gasteiger partial charge in [-0.1, -0.05) is 36.3 Å². The molecule has 1 N–H and O–H groups in total. The second-order valence-corrected chi connectivity index (χ2v) is 8.62. The predicted octanol–water partition coefficient (Wildman–Crippen LogP) is 4.65. The summed E-state index contributed by atoms with van der Waals surface area (Å²) >= 11 is 0. The van der Waals surface area contributed by atoms with Gasteiger partial charge in [-0.15, -0.1) is 0 Å². The summed E-state index contributed by atoms with van der Waals surface area (Å²) in [6, 6.07) is 20.0. The van der Waals surface area contributed by atoms with Crippen LogP contribution in [0.4, 0.5) is 5.69 Å². The zero-order valence-electron chi connectivity index (χ0n) is 19.1. The van der Waals surface area contributed by atoms with E-state index in [4.69, 9.17) is 0 Å². The highest BCUT2D eigenvalue weighted by Crippen LogP contribution is 2.26. The summed E-state index contributed by atoms with van der Waals surface area (Å²) in [4.78, 5) is 4.98. The number of rotatable bonds is 6. The molecule has 0 spiro atoms. The molecule has 3 aromatic rings. The van der Waals surface area contributed by atoms with Crippen molar-refractivity contribution in [3.63, 3.8) is 0 Å². The third kappa shape index (κ3) is 5.12. The van der Waals surface area contributed by atoms with E-state index in [2.05, 4.69) is 88.9 Å². The zero-order valence-corrected chi connectivity index (χ0v) is 19.1. The molecule has 2 aromatic carbocycles. The summed E-state index contributed by atoms with van der Waals surface area (Å²) in [5.41, 5.74) is 4.92. The molecule has 2 heterocycles. The highest BCUT2D eigenvalue weighted by Gasteiger charge is 2.21. The van der Waals surface area contributed by atoms with Gasteiger partial charge in [0.25, 0.3) is 0 Å². The molecule has 0 bridgehead atoms. The summed E-state index contributed by atoms with van der Waals surface area (Å²) in [6.45, 7) is 7.14. The summed E-state index contributed by atoms with van der Waals surface area (Å²) in [5.74, 6) is 6.71. The molecule has 0 atom stereocenters. The number of benzene rings is 2. The van der Waals surface area contributed by atoms with Crippen LogP contribution < -0.4 is 5.32 Å². The molecule has 162 valence electrons. The standard InChI is InChI=1S/C27H34N4/c1-4-31-25(13-9-17-28-23-11-6-5-7-12-23)20-26-22(10-8-14-27(26)31)21-30-18-15-24(16-19-30)29(2)3/h5-8,10-12,14,20,24,28H,4,15-19,21H2,1-3H3. The van der Waals surface area contributed by atoms with Gasteiger partial charge in [-0.3, -0.25) is 4.90 Å². The SMILES string of the molecule is CCn1c(C#CCNc2ccccc2)cc2c(CN3CCC(N(C)C)CC3)cccc21. The number of hydrogen-bond acceptors (Lipinski definition) is 3. The van der Waals surface area contributed by atoms with Crippen molar-refractivity contribution in [2.75, 3.05) is 39.0 Å². The van der Waals surface area contributed by atoms with Crippen molar-refractivity contribution >= 4 is 16.6 Å². The maximum absolute atomic E-state index is 3.40. The van der Waals surface area contributed by atoms with Gasteiger partial charge in [-0.2, -0.15) is 0 Å². The number of fused-ring (bicyclic) bond motifs is 1. The molecular formula is C27H34N4. The largest absolute Gasteiger partial charge is 0.374 e. The van der Waals surface area contributed by atoms with Crippen LogP contribution in [0.1, 0.15) is 31.0 Å². The molecule has 0 aliphatic carbocycles. The summed E-state index contributed by atoms with van der Waals surface area (Å²) < 4.78 is 2.34. The van der Waals surface area contributed by atoms with Crippen molar-refractivity contribution in [2.45, 2.75) is 38.9 Å². The lowest BCUT2D eigenvalue weighted by molar-refractivity contribution is 0.140. The van der Waals surface area contributed by atoms with E-state index in [1.165, 1.54) is 42.4 Å². The Bertz CT molecular complexity index is 1050. The van der Waals surface area contributed by atoms with Gasteiger partial charge in [-0.25, -0.2) is 0 Å². The van der Waals surface area contributed by atoms with E-state index < -0.39 is 0 Å². The first-order valence-corrected chi connectivity index (χ1v) is 11.4. The van der Waals surface area contributed by atoms with E-state index >= 15 is 0 Å². The number of likely N-dealkylation sites (tertiary alicyclic amines) is 1. The Hall–Kier alpha value is -2.74. The minimum Gasteiger partial charge on any atom is -0.374 e. The van der Waals surface area contributed by atoms with E-state index in [1.54, 1.807) is 0 Å². The number of hydrogen-bond donors (Lipinski definition) is 1. The average molecular weight is 415 g/mol. The monoisotopic (exact) mass is 414 g/mol. The molecule has 1 aliphatic heterocycles. The Kier molecular flexibility index (Phi) is 6.96. The number of nitrogens with one attached hydrogen (secondary N) is 1. The molecule has 0 saturated carbocycles. The Morgan fingerprint density at radius 3 is 2.52 bits per heavy atom. The summed E-state index contributed by atoms with van der Waals surface area (Å²) in [7, 11) is 4.40. The molecule has 4 nitrogen and oxygen atoms in total. The second kappa shape index (κ2) is 10.0. The van der Waals surface area contributed by atoms with Gasteiger partial charge in [0.2, 0.25) is 0 Å². The lowest BCUT2D eigenvalue weighted by Crippen LogP contribution is -2.41. The number of aromatic nitrogens is 1. The fraction of sp³-hybridized carbons (Fsp3) is 0.407. The van der Waals surface area contributed by atoms with E-state index in [1.807, 2.05) is 18.2 Å². The molecule has 1 aromatic heterocycles. The lowest BCUT2D eigenvalue weighted by atomic mass is 10.0. The van der Waals surface area contributed by atoms with Crippen molar-refractivity contribution in [2.24, 2.45) is 0 Å². The third-order valence-electron chi connectivity index (χ3n) is 6.40. The van der Waals surface area contributed by atoms with E-state index in [9.17, 15) is 0 Å². The second-order valence-electron chi connectivity index (χ2n) is 8.62. The maximum Gasteiger partial charge on any atom is 0.0931 e. The number of piperidine rings is 1.